The number of rotatable bonds is 6. The van der Waals surface area contributed by atoms with Gasteiger partial charge in [-0.1, -0.05) is 12.1 Å². The van der Waals surface area contributed by atoms with Crippen molar-refractivity contribution in [2.24, 2.45) is 0 Å². The summed E-state index contributed by atoms with van der Waals surface area (Å²) in [6.07, 6.45) is 0. The summed E-state index contributed by atoms with van der Waals surface area (Å²) in [6, 6.07) is 8.01. The van der Waals surface area contributed by atoms with Crippen molar-refractivity contribution in [1.29, 1.82) is 0 Å². The fourth-order valence-corrected chi connectivity index (χ4v) is 4.66. The van der Waals surface area contributed by atoms with E-state index in [9.17, 15) is 22.9 Å². The Hall–Kier alpha value is -2.56. The first kappa shape index (κ1) is 21.2. The Labute approximate surface area is 168 Å². The Morgan fingerprint density at radius 2 is 1.90 bits per heavy atom. The lowest BCUT2D eigenvalue weighted by molar-refractivity contribution is -0.385. The molecule has 0 amide bonds. The van der Waals surface area contributed by atoms with Crippen molar-refractivity contribution in [2.45, 2.75) is 24.8 Å². The standard InChI is InChI=1S/C19H22FN3O5S/c1-13-3-4-15(11-17(13)20)14(2)21-18-6-5-16(23(24)25)12-19(18)29(26,27)22-7-9-28-10-8-22/h3-6,11-12,14,21H,7-10H2,1-2H3. The first-order valence-electron chi connectivity index (χ1n) is 9.09. The quantitative estimate of drug-likeness (QED) is 0.565. The molecule has 1 aliphatic rings. The van der Waals surface area contributed by atoms with Gasteiger partial charge in [-0.15, -0.1) is 0 Å². The van der Waals surface area contributed by atoms with Gasteiger partial charge in [0.1, 0.15) is 10.7 Å². The van der Waals surface area contributed by atoms with Crippen LogP contribution >= 0.6 is 0 Å². The molecule has 3 rings (SSSR count). The molecule has 2 aromatic carbocycles. The highest BCUT2D eigenvalue weighted by Gasteiger charge is 2.30. The average molecular weight is 423 g/mol. The number of anilines is 1. The van der Waals surface area contributed by atoms with Crippen LogP contribution in [0.3, 0.4) is 0 Å². The normalized spacial score (nSPS) is 16.4. The molecule has 0 spiro atoms. The smallest absolute Gasteiger partial charge is 0.270 e. The van der Waals surface area contributed by atoms with Crippen molar-refractivity contribution in [3.8, 4) is 0 Å². The lowest BCUT2D eigenvalue weighted by atomic mass is 10.1. The molecule has 0 aliphatic carbocycles. The van der Waals surface area contributed by atoms with Crippen LogP contribution in [0.2, 0.25) is 0 Å². The molecule has 0 saturated carbocycles. The summed E-state index contributed by atoms with van der Waals surface area (Å²) in [5, 5.41) is 14.3. The first-order valence-corrected chi connectivity index (χ1v) is 10.5. The molecule has 1 heterocycles. The van der Waals surface area contributed by atoms with Crippen LogP contribution in [-0.2, 0) is 14.8 Å². The number of nitrogens with one attached hydrogen (secondary N) is 1. The number of nitro groups is 1. The monoisotopic (exact) mass is 423 g/mol. The summed E-state index contributed by atoms with van der Waals surface area (Å²) in [7, 11) is -3.98. The number of aryl methyl sites for hydroxylation is 1. The maximum atomic E-state index is 13.9. The number of nitro benzene ring substituents is 1. The van der Waals surface area contributed by atoms with Crippen LogP contribution in [0, 0.1) is 22.9 Å². The van der Waals surface area contributed by atoms with Gasteiger partial charge in [0.25, 0.3) is 5.69 Å². The molecule has 1 fully saturated rings. The first-order chi connectivity index (χ1) is 13.7. The molecule has 2 aromatic rings. The van der Waals surface area contributed by atoms with Crippen molar-refractivity contribution in [2.75, 3.05) is 31.6 Å². The van der Waals surface area contributed by atoms with Gasteiger partial charge in [0.15, 0.2) is 0 Å². The topological polar surface area (TPSA) is 102 Å². The number of ether oxygens (including phenoxy) is 1. The second kappa shape index (κ2) is 8.44. The van der Waals surface area contributed by atoms with E-state index in [1.807, 2.05) is 0 Å². The zero-order chi connectivity index (χ0) is 21.2. The van der Waals surface area contributed by atoms with Crippen molar-refractivity contribution >= 4 is 21.4 Å². The maximum absolute atomic E-state index is 13.9. The number of nitrogens with zero attached hydrogens (tertiary/aromatic N) is 2. The Morgan fingerprint density at radius 1 is 1.21 bits per heavy atom. The van der Waals surface area contributed by atoms with E-state index in [0.29, 0.717) is 11.1 Å². The summed E-state index contributed by atoms with van der Waals surface area (Å²) >= 11 is 0. The van der Waals surface area contributed by atoms with Crippen LogP contribution in [-0.4, -0.2) is 43.9 Å². The van der Waals surface area contributed by atoms with Gasteiger partial charge in [-0.25, -0.2) is 12.8 Å². The van der Waals surface area contributed by atoms with Gasteiger partial charge in [0.2, 0.25) is 10.0 Å². The molecule has 10 heteroatoms. The highest BCUT2D eigenvalue weighted by Crippen LogP contribution is 2.32. The molecule has 0 aromatic heterocycles. The average Bonchev–Trinajstić information content (AvgIpc) is 2.70. The lowest BCUT2D eigenvalue weighted by Gasteiger charge is -2.27. The lowest BCUT2D eigenvalue weighted by Crippen LogP contribution is -2.40. The molecule has 0 radical (unpaired) electrons. The summed E-state index contributed by atoms with van der Waals surface area (Å²) < 4.78 is 46.7. The summed E-state index contributed by atoms with van der Waals surface area (Å²) in [4.78, 5) is 10.4. The summed E-state index contributed by atoms with van der Waals surface area (Å²) in [5.74, 6) is -0.360. The van der Waals surface area contributed by atoms with Crippen molar-refractivity contribution in [3.63, 3.8) is 0 Å². The van der Waals surface area contributed by atoms with Crippen LogP contribution in [0.15, 0.2) is 41.3 Å². The van der Waals surface area contributed by atoms with Crippen LogP contribution in [0.5, 0.6) is 0 Å². The SMILES string of the molecule is Cc1ccc(C(C)Nc2ccc([N+](=O)[O-])cc2S(=O)(=O)N2CCOCC2)cc1F. The number of non-ortho nitro benzene ring substituents is 1. The second-order valence-electron chi connectivity index (χ2n) is 6.83. The third-order valence-corrected chi connectivity index (χ3v) is 6.77. The molecular formula is C19H22FN3O5S. The molecule has 156 valence electrons. The van der Waals surface area contributed by atoms with Crippen molar-refractivity contribution in [1.82, 2.24) is 4.31 Å². The summed E-state index contributed by atoms with van der Waals surface area (Å²) in [5.41, 5.74) is 1.03. The van der Waals surface area contributed by atoms with Gasteiger partial charge in [0.05, 0.1) is 23.8 Å². The van der Waals surface area contributed by atoms with Crippen molar-refractivity contribution < 1.29 is 22.5 Å². The summed E-state index contributed by atoms with van der Waals surface area (Å²) in [6.45, 7) is 4.27. The maximum Gasteiger partial charge on any atom is 0.270 e. The van der Waals surface area contributed by atoms with E-state index < -0.39 is 21.0 Å². The Balaban J connectivity index is 1.99. The predicted octanol–water partition coefficient (Wildman–Crippen LogP) is 3.24. The van der Waals surface area contributed by atoms with E-state index in [-0.39, 0.29) is 48.4 Å². The predicted molar refractivity (Wildman–Crippen MR) is 106 cm³/mol. The Bertz CT molecular complexity index is 1020. The number of morpholine rings is 1. The van der Waals surface area contributed by atoms with E-state index in [4.69, 9.17) is 4.74 Å². The number of halogens is 1. The van der Waals surface area contributed by atoms with Crippen molar-refractivity contribution in [3.05, 3.63) is 63.5 Å². The molecule has 8 nitrogen and oxygen atoms in total. The highest BCUT2D eigenvalue weighted by molar-refractivity contribution is 7.89. The van der Waals surface area contributed by atoms with E-state index in [1.54, 1.807) is 26.0 Å². The molecule has 1 N–H and O–H groups in total. The second-order valence-corrected chi connectivity index (χ2v) is 8.74. The molecule has 1 aliphatic heterocycles. The van der Waals surface area contributed by atoms with Crippen LogP contribution in [0.25, 0.3) is 0 Å². The highest BCUT2D eigenvalue weighted by atomic mass is 32.2. The van der Waals surface area contributed by atoms with E-state index in [0.717, 1.165) is 6.07 Å². The van der Waals surface area contributed by atoms with Gasteiger partial charge in [-0.05, 0) is 37.1 Å². The zero-order valence-corrected chi connectivity index (χ0v) is 16.9. The third-order valence-electron chi connectivity index (χ3n) is 4.83. The van der Waals surface area contributed by atoms with Gasteiger partial charge in [0, 0.05) is 31.3 Å². The fraction of sp³-hybridized carbons (Fsp3) is 0.368. The number of hydrogen-bond acceptors (Lipinski definition) is 6. The van der Waals surface area contributed by atoms with E-state index in [1.165, 1.54) is 22.5 Å². The molecule has 1 atom stereocenters. The molecular weight excluding hydrogens is 401 g/mol. The van der Waals surface area contributed by atoms with Gasteiger partial charge in [-0.2, -0.15) is 4.31 Å². The van der Waals surface area contributed by atoms with Gasteiger partial charge >= 0.3 is 0 Å². The largest absolute Gasteiger partial charge is 0.379 e. The molecule has 1 saturated heterocycles. The zero-order valence-electron chi connectivity index (χ0n) is 16.1. The fourth-order valence-electron chi connectivity index (χ4n) is 3.08. The molecule has 1 unspecified atom stereocenters. The van der Waals surface area contributed by atoms with Crippen LogP contribution in [0.4, 0.5) is 15.8 Å². The van der Waals surface area contributed by atoms with E-state index in [2.05, 4.69) is 5.32 Å². The van der Waals surface area contributed by atoms with Crippen LogP contribution in [0.1, 0.15) is 24.1 Å². The minimum absolute atomic E-state index is 0.170. The van der Waals surface area contributed by atoms with Gasteiger partial charge < -0.3 is 10.1 Å². The molecule has 0 bridgehead atoms. The van der Waals surface area contributed by atoms with E-state index >= 15 is 0 Å². The number of hydrogen-bond donors (Lipinski definition) is 1. The number of sulfonamides is 1. The molecule has 29 heavy (non-hydrogen) atoms. The Kier molecular flexibility index (Phi) is 6.15. The Morgan fingerprint density at radius 3 is 2.52 bits per heavy atom. The minimum atomic E-state index is -3.98. The van der Waals surface area contributed by atoms with Crippen LogP contribution < -0.4 is 5.32 Å². The number of benzene rings is 2. The minimum Gasteiger partial charge on any atom is -0.379 e. The third kappa shape index (κ3) is 4.55. The van der Waals surface area contributed by atoms with Gasteiger partial charge in [-0.3, -0.25) is 10.1 Å².